The fraction of sp³-hybridized carbons (Fsp3) is 0.387. The highest BCUT2D eigenvalue weighted by Crippen LogP contribution is 2.31. The molecule has 2 aromatic carbocycles. The number of anilines is 2. The number of amides is 1. The predicted octanol–water partition coefficient (Wildman–Crippen LogP) is 3.18. The highest BCUT2D eigenvalue weighted by Gasteiger charge is 2.33. The van der Waals surface area contributed by atoms with Crippen molar-refractivity contribution < 1.29 is 19.1 Å². The van der Waals surface area contributed by atoms with Gasteiger partial charge in [0.05, 0.1) is 35.7 Å². The number of hydrogen-bond acceptors (Lipinski definition) is 8. The number of rotatable bonds is 7. The lowest BCUT2D eigenvalue weighted by atomic mass is 9.97. The van der Waals surface area contributed by atoms with Crippen molar-refractivity contribution in [3.8, 4) is 5.69 Å². The van der Waals surface area contributed by atoms with Crippen LogP contribution in [0, 0.1) is 5.92 Å². The molecule has 1 atom stereocenters. The number of carbonyl (C=O) groups excluding carboxylic acids is 3. The molecule has 1 unspecified atom stereocenters. The van der Waals surface area contributed by atoms with Gasteiger partial charge in [0.2, 0.25) is 0 Å². The predicted molar refractivity (Wildman–Crippen MR) is 156 cm³/mol. The molecular weight excluding hydrogens is 522 g/mol. The Kier molecular flexibility index (Phi) is 8.47. The molecule has 3 heterocycles. The van der Waals surface area contributed by atoms with E-state index in [9.17, 15) is 19.2 Å². The maximum atomic E-state index is 14.0. The van der Waals surface area contributed by atoms with Gasteiger partial charge < -0.3 is 19.4 Å². The van der Waals surface area contributed by atoms with Crippen LogP contribution >= 0.6 is 0 Å². The molecule has 0 bridgehead atoms. The van der Waals surface area contributed by atoms with E-state index in [4.69, 9.17) is 4.74 Å². The molecule has 2 aliphatic rings. The number of esters is 1. The largest absolute Gasteiger partial charge is 0.466 e. The van der Waals surface area contributed by atoms with Crippen LogP contribution in [0.4, 0.5) is 11.4 Å². The van der Waals surface area contributed by atoms with Crippen molar-refractivity contribution in [1.82, 2.24) is 14.7 Å². The zero-order chi connectivity index (χ0) is 28.9. The van der Waals surface area contributed by atoms with E-state index in [2.05, 4.69) is 10.00 Å². The second-order valence-corrected chi connectivity index (χ2v) is 10.3. The highest BCUT2D eigenvalue weighted by molar-refractivity contribution is 6.07. The number of benzene rings is 2. The first-order valence-electron chi connectivity index (χ1n) is 14.1. The van der Waals surface area contributed by atoms with Crippen LogP contribution in [-0.2, 0) is 9.53 Å². The fourth-order valence-electron chi connectivity index (χ4n) is 5.65. The van der Waals surface area contributed by atoms with E-state index in [1.165, 1.54) is 11.6 Å². The van der Waals surface area contributed by atoms with Crippen molar-refractivity contribution in [3.05, 3.63) is 82.3 Å². The first-order valence-corrected chi connectivity index (χ1v) is 14.1. The van der Waals surface area contributed by atoms with Gasteiger partial charge in [-0.2, -0.15) is 9.78 Å². The molecule has 41 heavy (non-hydrogen) atoms. The molecule has 10 nitrogen and oxygen atoms in total. The molecule has 1 aromatic heterocycles. The van der Waals surface area contributed by atoms with Crippen LogP contribution in [-0.4, -0.2) is 78.2 Å². The summed E-state index contributed by atoms with van der Waals surface area (Å²) in [5, 5.41) is 4.52. The molecule has 2 saturated heterocycles. The molecular formula is C31H35N5O5. The van der Waals surface area contributed by atoms with Crippen molar-refractivity contribution in [2.75, 3.05) is 55.7 Å². The summed E-state index contributed by atoms with van der Waals surface area (Å²) in [5.41, 5.74) is 2.40. The number of aromatic nitrogens is 2. The number of hydrogen-bond donors (Lipinski definition) is 0. The summed E-state index contributed by atoms with van der Waals surface area (Å²) < 4.78 is 6.69. The SMILES string of the molecule is CCOC(=O)C1CCCN(c2c(N3CCN(C(=O)c4ccccc4C(C)=O)CC3)cnn(-c3ccccc3)c2=O)C1. The van der Waals surface area contributed by atoms with Gasteiger partial charge in [0.1, 0.15) is 5.69 Å². The Balaban J connectivity index is 1.43. The summed E-state index contributed by atoms with van der Waals surface area (Å²) in [5.74, 6) is -0.884. The third kappa shape index (κ3) is 5.86. The lowest BCUT2D eigenvalue weighted by Gasteiger charge is -2.39. The van der Waals surface area contributed by atoms with Crippen LogP contribution in [0.25, 0.3) is 5.69 Å². The van der Waals surface area contributed by atoms with E-state index in [-0.39, 0.29) is 29.1 Å². The van der Waals surface area contributed by atoms with Crippen LogP contribution in [0.3, 0.4) is 0 Å². The van der Waals surface area contributed by atoms with Crippen LogP contribution in [0.15, 0.2) is 65.6 Å². The molecule has 0 N–H and O–H groups in total. The Hall–Kier alpha value is -4.47. The van der Waals surface area contributed by atoms with Crippen LogP contribution in [0.2, 0.25) is 0 Å². The lowest BCUT2D eigenvalue weighted by molar-refractivity contribution is -0.148. The molecule has 2 aliphatic heterocycles. The van der Waals surface area contributed by atoms with Gasteiger partial charge in [-0.3, -0.25) is 19.2 Å². The van der Waals surface area contributed by atoms with E-state index < -0.39 is 0 Å². The molecule has 1 amide bonds. The summed E-state index contributed by atoms with van der Waals surface area (Å²) in [6.07, 6.45) is 3.18. The first-order chi connectivity index (χ1) is 19.9. The van der Waals surface area contributed by atoms with Crippen molar-refractivity contribution >= 4 is 29.0 Å². The maximum Gasteiger partial charge on any atom is 0.310 e. The first kappa shape index (κ1) is 28.1. The molecule has 0 spiro atoms. The monoisotopic (exact) mass is 557 g/mol. The van der Waals surface area contributed by atoms with E-state index >= 15 is 0 Å². The minimum atomic E-state index is -0.315. The van der Waals surface area contributed by atoms with Crippen molar-refractivity contribution in [1.29, 1.82) is 0 Å². The zero-order valence-corrected chi connectivity index (χ0v) is 23.5. The second kappa shape index (κ2) is 12.4. The molecule has 10 heteroatoms. The Morgan fingerprint density at radius 1 is 0.902 bits per heavy atom. The molecule has 0 saturated carbocycles. The molecule has 5 rings (SSSR count). The molecule has 0 radical (unpaired) electrons. The summed E-state index contributed by atoms with van der Waals surface area (Å²) in [7, 11) is 0. The standard InChI is InChI=1S/C31H35N5O5/c1-3-41-31(40)23-10-9-15-35(21-23)28-27(20-32-36(30(28)39)24-11-5-4-6-12-24)33-16-18-34(19-17-33)29(38)26-14-8-7-13-25(26)22(2)37/h4-8,11-14,20,23H,3,9-10,15-19,21H2,1-2H3. The van der Waals surface area contributed by atoms with Gasteiger partial charge >= 0.3 is 5.97 Å². The molecule has 3 aromatic rings. The van der Waals surface area contributed by atoms with Gasteiger partial charge in [-0.05, 0) is 44.9 Å². The highest BCUT2D eigenvalue weighted by atomic mass is 16.5. The van der Waals surface area contributed by atoms with Gasteiger partial charge in [0.25, 0.3) is 11.5 Å². The topological polar surface area (TPSA) is 105 Å². The van der Waals surface area contributed by atoms with Crippen LogP contribution in [0.5, 0.6) is 0 Å². The summed E-state index contributed by atoms with van der Waals surface area (Å²) in [6, 6.07) is 16.1. The number of ether oxygens (including phenoxy) is 1. The van der Waals surface area contributed by atoms with Crippen molar-refractivity contribution in [2.24, 2.45) is 5.92 Å². The smallest absolute Gasteiger partial charge is 0.310 e. The zero-order valence-electron chi connectivity index (χ0n) is 23.5. The van der Waals surface area contributed by atoms with Gasteiger partial charge in [0.15, 0.2) is 5.78 Å². The summed E-state index contributed by atoms with van der Waals surface area (Å²) in [4.78, 5) is 57.8. The third-order valence-electron chi connectivity index (χ3n) is 7.74. The number of carbonyl (C=O) groups is 3. The van der Waals surface area contributed by atoms with Gasteiger partial charge in [0, 0.05) is 44.8 Å². The number of ketones is 1. The molecule has 2 fully saturated rings. The quantitative estimate of drug-likeness (QED) is 0.322. The number of para-hydroxylation sites is 1. The number of piperidine rings is 1. The minimum absolute atomic E-state index is 0.148. The number of nitrogens with zero attached hydrogens (tertiary/aromatic N) is 5. The molecule has 214 valence electrons. The van der Waals surface area contributed by atoms with Crippen LogP contribution in [0.1, 0.15) is 47.4 Å². The van der Waals surface area contributed by atoms with E-state index in [0.717, 1.165) is 6.42 Å². The Labute approximate surface area is 239 Å². The number of Topliss-reactive ketones (excluding diaryl/α,β-unsaturated/α-hetero) is 1. The lowest BCUT2D eigenvalue weighted by Crippen LogP contribution is -2.50. The maximum absolute atomic E-state index is 14.0. The van der Waals surface area contributed by atoms with Crippen molar-refractivity contribution in [2.45, 2.75) is 26.7 Å². The second-order valence-electron chi connectivity index (χ2n) is 10.3. The van der Waals surface area contributed by atoms with E-state index in [1.54, 1.807) is 42.3 Å². The minimum Gasteiger partial charge on any atom is -0.466 e. The Bertz CT molecular complexity index is 1480. The number of piperazine rings is 1. The third-order valence-corrected chi connectivity index (χ3v) is 7.74. The van der Waals surface area contributed by atoms with E-state index in [1.807, 2.05) is 35.2 Å². The van der Waals surface area contributed by atoms with Gasteiger partial charge in [-0.15, -0.1) is 0 Å². The van der Waals surface area contributed by atoms with Gasteiger partial charge in [-0.25, -0.2) is 0 Å². The van der Waals surface area contributed by atoms with Crippen LogP contribution < -0.4 is 15.4 Å². The van der Waals surface area contributed by atoms with Gasteiger partial charge in [-0.1, -0.05) is 36.4 Å². The van der Waals surface area contributed by atoms with E-state index in [0.29, 0.717) is 80.5 Å². The average molecular weight is 558 g/mol. The summed E-state index contributed by atoms with van der Waals surface area (Å²) >= 11 is 0. The summed E-state index contributed by atoms with van der Waals surface area (Å²) in [6.45, 7) is 6.44. The van der Waals surface area contributed by atoms with Crippen molar-refractivity contribution in [3.63, 3.8) is 0 Å². The normalized spacial score (nSPS) is 17.3. The fourth-order valence-corrected chi connectivity index (χ4v) is 5.65. The average Bonchev–Trinajstić information content (AvgIpc) is 3.01. The Morgan fingerprint density at radius 2 is 1.59 bits per heavy atom. The molecule has 0 aliphatic carbocycles. The Morgan fingerprint density at radius 3 is 2.27 bits per heavy atom.